The Morgan fingerprint density at radius 1 is 1.21 bits per heavy atom. The molecule has 6 rings (SSSR count). The molecule has 0 radical (unpaired) electrons. The van der Waals surface area contributed by atoms with E-state index in [1.54, 1.807) is 19.2 Å². The highest BCUT2D eigenvalue weighted by atomic mass is 79.9. The molecule has 4 saturated heterocycles. The maximum absolute atomic E-state index is 15.5. The third-order valence-corrected chi connectivity index (χ3v) is 9.68. The molecule has 0 spiro atoms. The zero-order valence-corrected chi connectivity index (χ0v) is 26.2. The summed E-state index contributed by atoms with van der Waals surface area (Å²) < 4.78 is 46.9. The number of hydrogen-bond donors (Lipinski definition) is 0. The van der Waals surface area contributed by atoms with Gasteiger partial charge in [0.25, 0.3) is 0 Å². The van der Waals surface area contributed by atoms with Crippen molar-refractivity contribution in [3.8, 4) is 6.01 Å². The van der Waals surface area contributed by atoms with Gasteiger partial charge in [-0.15, -0.1) is 0 Å². The molecule has 0 aliphatic carbocycles. The first-order valence-corrected chi connectivity index (χ1v) is 15.3. The van der Waals surface area contributed by atoms with Crippen molar-refractivity contribution in [2.75, 3.05) is 51.4 Å². The van der Waals surface area contributed by atoms with Gasteiger partial charge >= 0.3 is 12.1 Å². The van der Waals surface area contributed by atoms with Crippen LogP contribution in [0.2, 0.25) is 0 Å². The van der Waals surface area contributed by atoms with Crippen LogP contribution in [0.15, 0.2) is 28.5 Å². The molecule has 4 fully saturated rings. The van der Waals surface area contributed by atoms with Crippen LogP contribution in [0.25, 0.3) is 10.9 Å². The monoisotopic (exact) mass is 649 g/mol. The van der Waals surface area contributed by atoms with Gasteiger partial charge in [0, 0.05) is 32.1 Å². The number of ether oxygens (including phenoxy) is 3. The predicted molar refractivity (Wildman–Crippen MR) is 158 cm³/mol. The second-order valence-corrected chi connectivity index (χ2v) is 14.0. The smallest absolute Gasteiger partial charge is 0.411 e. The van der Waals surface area contributed by atoms with E-state index in [1.807, 2.05) is 25.7 Å². The highest BCUT2D eigenvalue weighted by Gasteiger charge is 2.55. The van der Waals surface area contributed by atoms with E-state index in [1.165, 1.54) is 0 Å². The van der Waals surface area contributed by atoms with Crippen LogP contribution in [0.3, 0.4) is 0 Å². The summed E-state index contributed by atoms with van der Waals surface area (Å²) in [5.74, 6) is 0.0568. The van der Waals surface area contributed by atoms with Crippen molar-refractivity contribution < 1.29 is 27.8 Å². The van der Waals surface area contributed by atoms with E-state index in [2.05, 4.69) is 30.7 Å². The summed E-state index contributed by atoms with van der Waals surface area (Å²) in [6, 6.07) is 3.41. The molecule has 1 aromatic heterocycles. The molecule has 5 heterocycles. The number of nitrogens with zero attached hydrogens (tertiary/aromatic N) is 5. The van der Waals surface area contributed by atoms with Gasteiger partial charge in [-0.2, -0.15) is 9.97 Å². The third kappa shape index (κ3) is 5.13. The number of fused-ring (bicyclic) bond motifs is 4. The summed E-state index contributed by atoms with van der Waals surface area (Å²) in [6.45, 7) is 8.60. The van der Waals surface area contributed by atoms with Crippen molar-refractivity contribution in [1.29, 1.82) is 0 Å². The molecule has 42 heavy (non-hydrogen) atoms. The molecule has 1 unspecified atom stereocenters. The van der Waals surface area contributed by atoms with Crippen LogP contribution < -0.4 is 9.64 Å². The van der Waals surface area contributed by atoms with E-state index in [-0.39, 0.29) is 35.8 Å². The first-order chi connectivity index (χ1) is 20.0. The normalized spacial score (nSPS) is 28.6. The van der Waals surface area contributed by atoms with Crippen molar-refractivity contribution in [3.63, 3.8) is 0 Å². The first-order valence-electron chi connectivity index (χ1n) is 14.6. The van der Waals surface area contributed by atoms with Gasteiger partial charge in [-0.25, -0.2) is 13.6 Å². The maximum atomic E-state index is 15.5. The van der Waals surface area contributed by atoms with E-state index < -0.39 is 17.0 Å². The van der Waals surface area contributed by atoms with E-state index in [0.717, 1.165) is 37.8 Å². The molecule has 0 saturated carbocycles. The fourth-order valence-electron chi connectivity index (χ4n) is 7.40. The number of hydrogen-bond acceptors (Lipinski definition) is 8. The van der Waals surface area contributed by atoms with E-state index >= 15 is 4.39 Å². The number of halogens is 3. The molecule has 3 atom stereocenters. The lowest BCUT2D eigenvalue weighted by Crippen LogP contribution is -2.66. The zero-order chi connectivity index (χ0) is 29.9. The minimum absolute atomic E-state index is 0.0797. The Bertz CT molecular complexity index is 1420. The van der Waals surface area contributed by atoms with Crippen molar-refractivity contribution in [3.05, 3.63) is 34.3 Å². The number of carbonyl (C=O) groups excluding carboxylic acids is 1. The molecule has 1 amide bonds. The van der Waals surface area contributed by atoms with Crippen LogP contribution in [0.4, 0.5) is 19.4 Å². The summed E-state index contributed by atoms with van der Waals surface area (Å²) in [5.41, 5.74) is -0.656. The molecule has 1 aromatic carbocycles. The molecule has 2 bridgehead atoms. The minimum Gasteiger partial charge on any atom is -0.461 e. The van der Waals surface area contributed by atoms with E-state index in [9.17, 15) is 9.18 Å². The average Bonchev–Trinajstić information content (AvgIpc) is 3.55. The Morgan fingerprint density at radius 2 is 2.02 bits per heavy atom. The molecule has 12 heteroatoms. The molecule has 0 N–H and O–H groups in total. The van der Waals surface area contributed by atoms with Crippen LogP contribution in [0.1, 0.15) is 52.9 Å². The predicted octanol–water partition coefficient (Wildman–Crippen LogP) is 5.61. The Morgan fingerprint density at radius 3 is 2.76 bits per heavy atom. The van der Waals surface area contributed by atoms with Crippen molar-refractivity contribution in [2.45, 2.75) is 75.6 Å². The van der Waals surface area contributed by atoms with Crippen LogP contribution in [0, 0.1) is 5.82 Å². The van der Waals surface area contributed by atoms with Crippen LogP contribution >= 0.6 is 15.9 Å². The number of carbonyl (C=O) groups is 1. The van der Waals surface area contributed by atoms with Gasteiger partial charge in [0.05, 0.1) is 34.5 Å². The van der Waals surface area contributed by atoms with Crippen molar-refractivity contribution >= 4 is 38.7 Å². The van der Waals surface area contributed by atoms with Crippen molar-refractivity contribution in [1.82, 2.24) is 19.8 Å². The molecule has 9 nitrogen and oxygen atoms in total. The van der Waals surface area contributed by atoms with Gasteiger partial charge < -0.3 is 19.1 Å². The molecule has 2 aromatic rings. The van der Waals surface area contributed by atoms with Gasteiger partial charge in [-0.1, -0.05) is 0 Å². The van der Waals surface area contributed by atoms with Crippen LogP contribution in [-0.4, -0.2) is 95.1 Å². The van der Waals surface area contributed by atoms with E-state index in [0.29, 0.717) is 54.7 Å². The topological polar surface area (TPSA) is 80.3 Å². The zero-order valence-electron chi connectivity index (χ0n) is 24.6. The summed E-state index contributed by atoms with van der Waals surface area (Å²) in [4.78, 5) is 29.0. The quantitative estimate of drug-likeness (QED) is 0.400. The number of piperazine rings is 1. The number of amides is 1. The van der Waals surface area contributed by atoms with Gasteiger partial charge in [-0.3, -0.25) is 9.80 Å². The van der Waals surface area contributed by atoms with Gasteiger partial charge in [-0.05, 0) is 93.1 Å². The van der Waals surface area contributed by atoms with E-state index in [4.69, 9.17) is 19.2 Å². The Balaban J connectivity index is 1.35. The maximum Gasteiger partial charge on any atom is 0.411 e. The SMILES string of the molecule is COC[C@@]12CC[C@@H](CN(c3nc(OCC45CCCN4C/C(=C\F)C5)nc4c(F)c(Br)ccc34)C1)N2C(=O)OC(C)(C)C. The third-order valence-electron chi connectivity index (χ3n) is 9.07. The fourth-order valence-corrected chi connectivity index (χ4v) is 7.72. The number of aromatic nitrogens is 2. The highest BCUT2D eigenvalue weighted by molar-refractivity contribution is 9.10. The fraction of sp³-hybridized carbons (Fsp3) is 0.633. The summed E-state index contributed by atoms with van der Waals surface area (Å²) >= 11 is 3.30. The number of methoxy groups -OCH3 is 1. The highest BCUT2D eigenvalue weighted by Crippen LogP contribution is 2.44. The van der Waals surface area contributed by atoms with Gasteiger partial charge in [0.1, 0.15) is 23.5 Å². The molecule has 228 valence electrons. The largest absolute Gasteiger partial charge is 0.461 e. The average molecular weight is 651 g/mol. The number of benzene rings is 1. The first kappa shape index (κ1) is 29.5. The minimum atomic E-state index is -0.630. The molecule has 4 aliphatic heterocycles. The van der Waals surface area contributed by atoms with Crippen molar-refractivity contribution in [2.24, 2.45) is 0 Å². The Kier molecular flexibility index (Phi) is 7.62. The molecular formula is C30H38BrF2N5O4. The lowest BCUT2D eigenvalue weighted by molar-refractivity contribution is -0.0261. The Labute approximate surface area is 253 Å². The summed E-state index contributed by atoms with van der Waals surface area (Å²) in [5, 5.41) is 0.560. The van der Waals surface area contributed by atoms with Gasteiger partial charge in [0.2, 0.25) is 0 Å². The molecular weight excluding hydrogens is 612 g/mol. The standard InChI is InChI=1S/C30H38BrF2N5O4/c1-28(2,3)42-27(39)38-20-8-10-30(38,17-40-4)16-36(15-20)25-21-6-7-22(31)23(33)24(21)34-26(35-25)41-18-29-9-5-11-37(29)14-19(12-29)13-32/h6-7,13,20H,5,8-12,14-18H2,1-4H3/b19-13-/t20-,29?,30+/m0/s1. The Hall–Kier alpha value is -2.57. The molecule has 4 aliphatic rings. The summed E-state index contributed by atoms with van der Waals surface area (Å²) in [6.07, 6.45) is 4.38. The number of rotatable bonds is 6. The van der Waals surface area contributed by atoms with Crippen LogP contribution in [0.5, 0.6) is 6.01 Å². The second-order valence-electron chi connectivity index (χ2n) is 13.2. The lowest BCUT2D eigenvalue weighted by Gasteiger charge is -2.49. The van der Waals surface area contributed by atoms with Gasteiger partial charge in [0.15, 0.2) is 5.82 Å². The second kappa shape index (κ2) is 10.9. The lowest BCUT2D eigenvalue weighted by atomic mass is 9.94. The number of anilines is 1. The summed E-state index contributed by atoms with van der Waals surface area (Å²) in [7, 11) is 1.63. The van der Waals surface area contributed by atoms with Crippen LogP contribution in [-0.2, 0) is 9.47 Å².